The van der Waals surface area contributed by atoms with E-state index in [1.807, 2.05) is 25.1 Å². The van der Waals surface area contributed by atoms with Crippen LogP contribution < -0.4 is 20.1 Å². The molecule has 28 heavy (non-hydrogen) atoms. The topological polar surface area (TPSA) is 68.8 Å². The molecule has 2 rings (SSSR count). The molecule has 1 aromatic rings. The number of ether oxygens (including phenoxy) is 3. The lowest BCUT2D eigenvalue weighted by Gasteiger charge is -2.30. The maximum atomic E-state index is 12.6. The molecule has 0 unspecified atom stereocenters. The van der Waals surface area contributed by atoms with Crippen molar-refractivity contribution < 1.29 is 19.0 Å². The van der Waals surface area contributed by atoms with Crippen molar-refractivity contribution in [1.82, 2.24) is 10.6 Å². The zero-order valence-corrected chi connectivity index (χ0v) is 17.5. The van der Waals surface area contributed by atoms with Crippen molar-refractivity contribution in [2.24, 2.45) is 0 Å². The quantitative estimate of drug-likeness (QED) is 0.266. The number of hydrogen-bond acceptors (Lipinski definition) is 5. The first kappa shape index (κ1) is 21.8. The monoisotopic (exact) mass is 404 g/mol. The van der Waals surface area contributed by atoms with Crippen LogP contribution in [-0.4, -0.2) is 30.9 Å². The van der Waals surface area contributed by atoms with E-state index in [2.05, 4.69) is 24.1 Å². The minimum Gasteiger partial charge on any atom is -0.490 e. The summed E-state index contributed by atoms with van der Waals surface area (Å²) >= 11 is 5.29. The molecule has 0 radical (unpaired) electrons. The average molecular weight is 405 g/mol. The summed E-state index contributed by atoms with van der Waals surface area (Å²) in [5.74, 6) is 0.900. The summed E-state index contributed by atoms with van der Waals surface area (Å²) in [4.78, 5) is 12.6. The smallest absolute Gasteiger partial charge is 0.338 e. The molecule has 1 aromatic carbocycles. The molecule has 0 saturated carbocycles. The van der Waals surface area contributed by atoms with Gasteiger partial charge >= 0.3 is 5.97 Å². The maximum Gasteiger partial charge on any atom is 0.338 e. The van der Waals surface area contributed by atoms with Crippen molar-refractivity contribution in [3.63, 3.8) is 0 Å². The molecule has 0 aliphatic carbocycles. The second-order valence-electron chi connectivity index (χ2n) is 6.30. The molecule has 0 saturated heterocycles. The summed E-state index contributed by atoms with van der Waals surface area (Å²) in [6.07, 6.45) is 3.56. The van der Waals surface area contributed by atoms with Crippen molar-refractivity contribution in [3.8, 4) is 11.5 Å². The molecule has 1 aliphatic rings. The summed E-state index contributed by atoms with van der Waals surface area (Å²) in [6, 6.07) is 5.20. The number of thiocarbonyl (C=S) groups is 1. The summed E-state index contributed by atoms with van der Waals surface area (Å²) in [6.45, 7) is 10.7. The molecule has 2 N–H and O–H groups in total. The Balaban J connectivity index is 2.37. The molecule has 0 bridgehead atoms. The lowest BCUT2D eigenvalue weighted by atomic mass is 9.95. The van der Waals surface area contributed by atoms with E-state index in [1.54, 1.807) is 6.92 Å². The van der Waals surface area contributed by atoms with E-state index in [0.29, 0.717) is 41.1 Å². The molecule has 0 spiro atoms. The van der Waals surface area contributed by atoms with Gasteiger partial charge in [-0.2, -0.15) is 0 Å². The molecule has 1 atom stereocenters. The van der Waals surface area contributed by atoms with E-state index in [9.17, 15) is 4.79 Å². The van der Waals surface area contributed by atoms with Crippen LogP contribution in [0.25, 0.3) is 0 Å². The number of nitrogens with one attached hydrogen (secondary N) is 2. The molecule has 152 valence electrons. The van der Waals surface area contributed by atoms with E-state index in [4.69, 9.17) is 26.4 Å². The Hall–Kier alpha value is -2.54. The Morgan fingerprint density at radius 2 is 2.07 bits per heavy atom. The van der Waals surface area contributed by atoms with Gasteiger partial charge in [-0.1, -0.05) is 32.1 Å². The third-order valence-corrected chi connectivity index (χ3v) is 4.40. The second kappa shape index (κ2) is 10.7. The van der Waals surface area contributed by atoms with Crippen molar-refractivity contribution in [1.29, 1.82) is 0 Å². The van der Waals surface area contributed by atoms with E-state index in [-0.39, 0.29) is 6.61 Å². The van der Waals surface area contributed by atoms with Gasteiger partial charge in [0.2, 0.25) is 0 Å². The molecule has 7 heteroatoms. The third-order valence-electron chi connectivity index (χ3n) is 4.18. The van der Waals surface area contributed by atoms with Crippen LogP contribution in [0.3, 0.4) is 0 Å². The molecule has 1 heterocycles. The fraction of sp³-hybridized carbons (Fsp3) is 0.429. The van der Waals surface area contributed by atoms with Gasteiger partial charge in [-0.15, -0.1) is 0 Å². The van der Waals surface area contributed by atoms with Crippen LogP contribution >= 0.6 is 12.2 Å². The number of allylic oxidation sites excluding steroid dienone is 1. The highest BCUT2D eigenvalue weighted by Crippen LogP contribution is 2.35. The van der Waals surface area contributed by atoms with Gasteiger partial charge in [0.25, 0.3) is 0 Å². The number of carbonyl (C=O) groups is 1. The first-order valence-corrected chi connectivity index (χ1v) is 9.88. The van der Waals surface area contributed by atoms with Crippen molar-refractivity contribution in [2.45, 2.75) is 39.7 Å². The van der Waals surface area contributed by atoms with Crippen molar-refractivity contribution >= 4 is 23.3 Å². The summed E-state index contributed by atoms with van der Waals surface area (Å²) in [5, 5.41) is 6.59. The average Bonchev–Trinajstić information content (AvgIpc) is 2.67. The Labute approximate surface area is 171 Å². The number of benzene rings is 1. The molecule has 0 amide bonds. The van der Waals surface area contributed by atoms with Crippen LogP contribution in [0.15, 0.2) is 42.1 Å². The van der Waals surface area contributed by atoms with Crippen LogP contribution in [0.2, 0.25) is 0 Å². The van der Waals surface area contributed by atoms with Crippen LogP contribution in [0.1, 0.15) is 45.2 Å². The van der Waals surface area contributed by atoms with Gasteiger partial charge in [-0.05, 0) is 50.2 Å². The van der Waals surface area contributed by atoms with Gasteiger partial charge in [0.1, 0.15) is 6.61 Å². The van der Waals surface area contributed by atoms with Gasteiger partial charge < -0.3 is 24.8 Å². The largest absolute Gasteiger partial charge is 0.490 e. The normalized spacial score (nSPS) is 16.1. The van der Waals surface area contributed by atoms with E-state index >= 15 is 0 Å². The van der Waals surface area contributed by atoms with Crippen LogP contribution in [0.4, 0.5) is 0 Å². The minimum atomic E-state index is -0.449. The fourth-order valence-corrected chi connectivity index (χ4v) is 3.12. The zero-order valence-electron chi connectivity index (χ0n) is 16.7. The maximum absolute atomic E-state index is 12.6. The highest BCUT2D eigenvalue weighted by molar-refractivity contribution is 7.80. The first-order chi connectivity index (χ1) is 13.5. The number of rotatable bonds is 10. The van der Waals surface area contributed by atoms with Gasteiger partial charge in [-0.25, -0.2) is 4.79 Å². The Kier molecular flexibility index (Phi) is 8.32. The van der Waals surface area contributed by atoms with E-state index in [0.717, 1.165) is 18.4 Å². The van der Waals surface area contributed by atoms with Gasteiger partial charge in [-0.3, -0.25) is 0 Å². The van der Waals surface area contributed by atoms with E-state index in [1.165, 1.54) is 6.08 Å². The predicted molar refractivity (Wildman–Crippen MR) is 113 cm³/mol. The summed E-state index contributed by atoms with van der Waals surface area (Å²) in [7, 11) is 0. The highest BCUT2D eigenvalue weighted by atomic mass is 32.1. The lowest BCUT2D eigenvalue weighted by molar-refractivity contribution is -0.138. The molecule has 6 nitrogen and oxygen atoms in total. The minimum absolute atomic E-state index is 0.140. The first-order valence-electron chi connectivity index (χ1n) is 9.47. The molecule has 1 aliphatic heterocycles. The predicted octanol–water partition coefficient (Wildman–Crippen LogP) is 3.79. The van der Waals surface area contributed by atoms with Crippen molar-refractivity contribution in [3.05, 3.63) is 47.7 Å². The number of unbranched alkanes of at least 4 members (excludes halogenated alkanes) is 1. The van der Waals surface area contributed by atoms with Gasteiger partial charge in [0.15, 0.2) is 16.6 Å². The highest BCUT2D eigenvalue weighted by Gasteiger charge is 2.31. The number of esters is 1. The third kappa shape index (κ3) is 5.48. The second-order valence-corrected chi connectivity index (χ2v) is 6.71. The lowest BCUT2D eigenvalue weighted by Crippen LogP contribution is -2.45. The summed E-state index contributed by atoms with van der Waals surface area (Å²) < 4.78 is 16.9. The van der Waals surface area contributed by atoms with E-state index < -0.39 is 12.0 Å². The standard InChI is InChI=1S/C21H28N2O4S/c1-5-8-12-26-16-10-9-15(13-17(16)25-7-3)19-18(20(24)27-11-6-2)14(4)22-21(28)23-19/h6,9-10,13,19H,2,5,7-8,11-12H2,1,3-4H3,(H2,22,23,28)/t19-/m1/s1. The molecular weight excluding hydrogens is 376 g/mol. The Morgan fingerprint density at radius 3 is 2.75 bits per heavy atom. The number of hydrogen-bond donors (Lipinski definition) is 2. The van der Waals surface area contributed by atoms with Gasteiger partial charge in [0.05, 0.1) is 24.8 Å². The fourth-order valence-electron chi connectivity index (χ4n) is 2.85. The SMILES string of the molecule is C=CCOC(=O)C1=C(C)NC(=S)N[C@@H]1c1ccc(OCCCC)c(OCC)c1. The Bertz CT molecular complexity index is 761. The van der Waals surface area contributed by atoms with Crippen LogP contribution in [-0.2, 0) is 9.53 Å². The number of carbonyl (C=O) groups excluding carboxylic acids is 1. The molecular formula is C21H28N2O4S. The van der Waals surface area contributed by atoms with Gasteiger partial charge in [0, 0.05) is 5.70 Å². The molecule has 0 aromatic heterocycles. The Morgan fingerprint density at radius 1 is 1.29 bits per heavy atom. The van der Waals surface area contributed by atoms with Crippen LogP contribution in [0.5, 0.6) is 11.5 Å². The summed E-state index contributed by atoms with van der Waals surface area (Å²) in [5.41, 5.74) is 1.96. The van der Waals surface area contributed by atoms with Crippen molar-refractivity contribution in [2.75, 3.05) is 19.8 Å². The molecule has 0 fully saturated rings. The zero-order chi connectivity index (χ0) is 20.5. The van der Waals surface area contributed by atoms with Crippen LogP contribution in [0, 0.1) is 0 Å².